The molecule has 0 aromatic rings. The van der Waals surface area contributed by atoms with Crippen LogP contribution in [0.25, 0.3) is 0 Å². The summed E-state index contributed by atoms with van der Waals surface area (Å²) in [5, 5.41) is 27.2. The maximum atomic E-state index is 9.60. The molecule has 19 heavy (non-hydrogen) atoms. The molecule has 3 atom stereocenters. The largest absolute Gasteiger partial charge is 0.394 e. The van der Waals surface area contributed by atoms with E-state index in [9.17, 15) is 5.11 Å². The number of unbranched alkanes of at least 4 members (excludes halogenated alkanes) is 1. The first-order valence-corrected chi connectivity index (χ1v) is 7.26. The molecule has 5 heteroatoms. The van der Waals surface area contributed by atoms with E-state index < -0.39 is 12.2 Å². The number of hydrogen-bond acceptors (Lipinski definition) is 5. The lowest BCUT2D eigenvalue weighted by molar-refractivity contribution is -0.0519. The molecule has 0 radical (unpaired) electrons. The highest BCUT2D eigenvalue weighted by molar-refractivity contribution is 4.58. The van der Waals surface area contributed by atoms with Crippen molar-refractivity contribution in [3.63, 3.8) is 0 Å². The van der Waals surface area contributed by atoms with Crippen LogP contribution in [0.1, 0.15) is 39.5 Å². The van der Waals surface area contributed by atoms with Gasteiger partial charge in [-0.2, -0.15) is 0 Å². The summed E-state index contributed by atoms with van der Waals surface area (Å²) in [6.45, 7) is 5.06. The molecule has 0 aromatic heterocycles. The van der Waals surface area contributed by atoms with Crippen molar-refractivity contribution in [2.24, 2.45) is 5.92 Å². The molecule has 0 aliphatic heterocycles. The predicted molar refractivity (Wildman–Crippen MR) is 74.0 cm³/mol. The number of rotatable bonds is 13. The second-order valence-electron chi connectivity index (χ2n) is 4.98. The molecule has 0 fully saturated rings. The van der Waals surface area contributed by atoms with Gasteiger partial charge in [0.05, 0.1) is 26.4 Å². The third kappa shape index (κ3) is 11.3. The van der Waals surface area contributed by atoms with E-state index in [1.165, 1.54) is 19.3 Å². The molecule has 0 rings (SSSR count). The van der Waals surface area contributed by atoms with E-state index in [1.54, 1.807) is 0 Å². The van der Waals surface area contributed by atoms with Gasteiger partial charge in [-0.15, -0.1) is 0 Å². The topological polar surface area (TPSA) is 79.2 Å². The van der Waals surface area contributed by atoms with Crippen molar-refractivity contribution in [1.82, 2.24) is 0 Å². The molecule has 0 aromatic carbocycles. The number of aliphatic hydroxyl groups excluding tert-OH is 3. The zero-order valence-electron chi connectivity index (χ0n) is 12.3. The first-order chi connectivity index (χ1) is 9.13. The molecular weight excluding hydrogens is 248 g/mol. The summed E-state index contributed by atoms with van der Waals surface area (Å²) in [5.41, 5.74) is 0. The van der Waals surface area contributed by atoms with E-state index >= 15 is 0 Å². The Morgan fingerprint density at radius 3 is 2.00 bits per heavy atom. The predicted octanol–water partition coefficient (Wildman–Crippen LogP) is 0.950. The molecule has 0 bridgehead atoms. The second-order valence-corrected chi connectivity index (χ2v) is 4.98. The summed E-state index contributed by atoms with van der Waals surface area (Å²) in [7, 11) is 0. The van der Waals surface area contributed by atoms with E-state index in [-0.39, 0.29) is 26.4 Å². The zero-order valence-corrected chi connectivity index (χ0v) is 12.3. The Morgan fingerprint density at radius 1 is 0.895 bits per heavy atom. The maximum absolute atomic E-state index is 9.60. The van der Waals surface area contributed by atoms with Crippen LogP contribution in [0, 0.1) is 5.92 Å². The molecule has 3 N–H and O–H groups in total. The Balaban J connectivity index is 3.52. The average Bonchev–Trinajstić information content (AvgIpc) is 2.42. The Morgan fingerprint density at radius 2 is 1.47 bits per heavy atom. The van der Waals surface area contributed by atoms with Gasteiger partial charge in [0, 0.05) is 6.61 Å². The summed E-state index contributed by atoms with van der Waals surface area (Å²) in [4.78, 5) is 0. The number of aliphatic hydroxyl groups is 3. The molecule has 0 aliphatic carbocycles. The van der Waals surface area contributed by atoms with E-state index in [2.05, 4.69) is 13.8 Å². The van der Waals surface area contributed by atoms with Crippen LogP contribution in [0.15, 0.2) is 0 Å². The molecule has 5 nitrogen and oxygen atoms in total. The highest BCUT2D eigenvalue weighted by Gasteiger charge is 2.10. The molecule has 0 aliphatic rings. The van der Waals surface area contributed by atoms with E-state index in [1.807, 2.05) is 0 Å². The molecule has 0 saturated carbocycles. The van der Waals surface area contributed by atoms with Crippen molar-refractivity contribution in [3.8, 4) is 0 Å². The van der Waals surface area contributed by atoms with Crippen LogP contribution in [-0.2, 0) is 9.47 Å². The van der Waals surface area contributed by atoms with Crippen molar-refractivity contribution < 1.29 is 24.8 Å². The van der Waals surface area contributed by atoms with Gasteiger partial charge in [-0.25, -0.2) is 0 Å². The van der Waals surface area contributed by atoms with Gasteiger partial charge in [-0.05, 0) is 12.3 Å². The Hall–Kier alpha value is -0.200. The van der Waals surface area contributed by atoms with Crippen LogP contribution >= 0.6 is 0 Å². The lowest BCUT2D eigenvalue weighted by atomic mass is 10.0. The molecule has 0 saturated heterocycles. The van der Waals surface area contributed by atoms with Crippen molar-refractivity contribution >= 4 is 0 Å². The smallest absolute Gasteiger partial charge is 0.101 e. The summed E-state index contributed by atoms with van der Waals surface area (Å²) in [5.74, 6) is 0.560. The Bertz CT molecular complexity index is 189. The molecule has 3 unspecified atom stereocenters. The Labute approximate surface area is 116 Å². The lowest BCUT2D eigenvalue weighted by Gasteiger charge is -2.17. The van der Waals surface area contributed by atoms with E-state index in [0.717, 1.165) is 6.42 Å². The van der Waals surface area contributed by atoms with Gasteiger partial charge < -0.3 is 24.8 Å². The summed E-state index contributed by atoms with van der Waals surface area (Å²) < 4.78 is 10.5. The first kappa shape index (κ1) is 18.8. The fourth-order valence-corrected chi connectivity index (χ4v) is 1.71. The van der Waals surface area contributed by atoms with Gasteiger partial charge >= 0.3 is 0 Å². The average molecular weight is 278 g/mol. The van der Waals surface area contributed by atoms with E-state index in [4.69, 9.17) is 19.7 Å². The van der Waals surface area contributed by atoms with Crippen molar-refractivity contribution in [2.75, 3.05) is 33.0 Å². The van der Waals surface area contributed by atoms with Gasteiger partial charge in [0.2, 0.25) is 0 Å². The first-order valence-electron chi connectivity index (χ1n) is 7.26. The summed E-state index contributed by atoms with van der Waals surface area (Å²) in [6.07, 6.45) is 3.10. The van der Waals surface area contributed by atoms with Crippen molar-refractivity contribution in [1.29, 1.82) is 0 Å². The molecule has 0 heterocycles. The van der Waals surface area contributed by atoms with Crippen LogP contribution < -0.4 is 0 Å². The quantitative estimate of drug-likeness (QED) is 0.467. The normalized spacial score (nSPS) is 16.3. The van der Waals surface area contributed by atoms with Gasteiger partial charge in [0.1, 0.15) is 12.2 Å². The number of ether oxygens (including phenoxy) is 2. The van der Waals surface area contributed by atoms with Crippen LogP contribution in [0.2, 0.25) is 0 Å². The minimum Gasteiger partial charge on any atom is -0.394 e. The third-order valence-electron chi connectivity index (χ3n) is 3.04. The van der Waals surface area contributed by atoms with E-state index in [0.29, 0.717) is 12.5 Å². The Kier molecular flexibility index (Phi) is 12.7. The summed E-state index contributed by atoms with van der Waals surface area (Å²) >= 11 is 0. The van der Waals surface area contributed by atoms with Crippen molar-refractivity contribution in [2.45, 2.75) is 51.7 Å². The van der Waals surface area contributed by atoms with Crippen LogP contribution in [0.3, 0.4) is 0 Å². The maximum Gasteiger partial charge on any atom is 0.101 e. The molecule has 0 spiro atoms. The van der Waals surface area contributed by atoms with Gasteiger partial charge in [-0.1, -0.05) is 33.1 Å². The molecule has 0 amide bonds. The molecule has 116 valence electrons. The van der Waals surface area contributed by atoms with Crippen molar-refractivity contribution in [3.05, 3.63) is 0 Å². The zero-order chi connectivity index (χ0) is 14.5. The van der Waals surface area contributed by atoms with Gasteiger partial charge in [-0.3, -0.25) is 0 Å². The third-order valence-corrected chi connectivity index (χ3v) is 3.04. The lowest BCUT2D eigenvalue weighted by Crippen LogP contribution is -2.27. The SMILES string of the molecule is CCCCC(CC)COCC(O)COCC(O)CO. The molecular formula is C14H30O5. The fourth-order valence-electron chi connectivity index (χ4n) is 1.71. The van der Waals surface area contributed by atoms with Crippen LogP contribution in [0.4, 0.5) is 0 Å². The van der Waals surface area contributed by atoms with Crippen LogP contribution in [0.5, 0.6) is 0 Å². The second kappa shape index (κ2) is 12.8. The van der Waals surface area contributed by atoms with Gasteiger partial charge in [0.15, 0.2) is 0 Å². The highest BCUT2D eigenvalue weighted by Crippen LogP contribution is 2.12. The fraction of sp³-hybridized carbons (Fsp3) is 1.00. The highest BCUT2D eigenvalue weighted by atomic mass is 16.5. The summed E-state index contributed by atoms with van der Waals surface area (Å²) in [6, 6.07) is 0. The minimum absolute atomic E-state index is 0.0294. The van der Waals surface area contributed by atoms with Gasteiger partial charge in [0.25, 0.3) is 0 Å². The minimum atomic E-state index is -0.883. The monoisotopic (exact) mass is 278 g/mol. The van der Waals surface area contributed by atoms with Crippen LogP contribution in [-0.4, -0.2) is 60.6 Å². The standard InChI is InChI=1S/C14H30O5/c1-3-5-6-12(4-2)8-18-10-14(17)11-19-9-13(16)7-15/h12-17H,3-11H2,1-2H3. The number of hydrogen-bond donors (Lipinski definition) is 3.